The average Bonchev–Trinajstić information content (AvgIpc) is 2.63. The first-order valence-corrected chi connectivity index (χ1v) is 9.66. The third kappa shape index (κ3) is 3.60. The molecule has 1 atom stereocenters. The van der Waals surface area contributed by atoms with Crippen molar-refractivity contribution in [1.29, 1.82) is 0 Å². The van der Waals surface area contributed by atoms with E-state index < -0.39 is 5.60 Å². The predicted molar refractivity (Wildman–Crippen MR) is 111 cm³/mol. The number of carbonyl (C=O) groups excluding carboxylic acids is 1. The Morgan fingerprint density at radius 2 is 2.00 bits per heavy atom. The number of hydrogen-bond acceptors (Lipinski definition) is 5. The van der Waals surface area contributed by atoms with Gasteiger partial charge in [0, 0.05) is 25.4 Å². The van der Waals surface area contributed by atoms with Crippen LogP contribution < -0.4 is 5.56 Å². The second-order valence-electron chi connectivity index (χ2n) is 8.26. The molecule has 150 valence electrons. The van der Waals surface area contributed by atoms with Crippen molar-refractivity contribution in [1.82, 2.24) is 19.4 Å². The van der Waals surface area contributed by atoms with Crippen molar-refractivity contribution in [2.75, 3.05) is 6.54 Å². The van der Waals surface area contributed by atoms with E-state index in [1.54, 1.807) is 24.2 Å². The fraction of sp³-hybridized carbons (Fsp3) is 0.364. The molecule has 0 bridgehead atoms. The molecule has 0 saturated carbocycles. The molecule has 4 rings (SSSR count). The minimum absolute atomic E-state index is 0.131. The van der Waals surface area contributed by atoms with E-state index in [4.69, 9.17) is 9.72 Å². The van der Waals surface area contributed by atoms with Gasteiger partial charge in [0.1, 0.15) is 11.4 Å². The molecule has 7 heteroatoms. The Kier molecular flexibility index (Phi) is 4.61. The van der Waals surface area contributed by atoms with E-state index in [2.05, 4.69) is 4.98 Å². The Morgan fingerprint density at radius 3 is 2.62 bits per heavy atom. The summed E-state index contributed by atoms with van der Waals surface area (Å²) in [6.45, 7) is 6.09. The van der Waals surface area contributed by atoms with E-state index in [0.717, 1.165) is 17.7 Å². The van der Waals surface area contributed by atoms with Crippen molar-refractivity contribution in [3.05, 3.63) is 58.8 Å². The monoisotopic (exact) mass is 392 g/mol. The third-order valence-corrected chi connectivity index (χ3v) is 5.02. The molecule has 3 heterocycles. The molecule has 1 aliphatic rings. The SMILES string of the molecule is Cn1c(C2CCN2C(=O)OC(C)(C)C)nc2cc(-c3ccccn3)ccc2c1=O. The van der Waals surface area contributed by atoms with Crippen LogP contribution in [0.2, 0.25) is 0 Å². The largest absolute Gasteiger partial charge is 0.444 e. The van der Waals surface area contributed by atoms with Crippen molar-refractivity contribution in [3.63, 3.8) is 0 Å². The summed E-state index contributed by atoms with van der Waals surface area (Å²) in [6, 6.07) is 11.0. The zero-order valence-electron chi connectivity index (χ0n) is 17.0. The minimum atomic E-state index is -0.572. The van der Waals surface area contributed by atoms with E-state index in [1.165, 1.54) is 4.57 Å². The number of amides is 1. The highest BCUT2D eigenvalue weighted by molar-refractivity contribution is 5.83. The number of benzene rings is 1. The van der Waals surface area contributed by atoms with Crippen LogP contribution in [0.4, 0.5) is 4.79 Å². The molecule has 3 aromatic rings. The normalized spacial score (nSPS) is 16.6. The van der Waals surface area contributed by atoms with Gasteiger partial charge in [-0.2, -0.15) is 0 Å². The minimum Gasteiger partial charge on any atom is -0.444 e. The van der Waals surface area contributed by atoms with E-state index in [0.29, 0.717) is 23.3 Å². The summed E-state index contributed by atoms with van der Waals surface area (Å²) < 4.78 is 7.02. The molecular weight excluding hydrogens is 368 g/mol. The maximum absolute atomic E-state index is 12.9. The average molecular weight is 392 g/mol. The fourth-order valence-corrected chi connectivity index (χ4v) is 3.47. The second kappa shape index (κ2) is 6.99. The Hall–Kier alpha value is -3.22. The number of rotatable bonds is 2. The zero-order chi connectivity index (χ0) is 20.8. The van der Waals surface area contributed by atoms with Crippen LogP contribution in [0.15, 0.2) is 47.4 Å². The van der Waals surface area contributed by atoms with Crippen LogP contribution in [0.5, 0.6) is 0 Å². The maximum Gasteiger partial charge on any atom is 0.410 e. The Labute approximate surface area is 169 Å². The van der Waals surface area contributed by atoms with Crippen LogP contribution in [-0.4, -0.2) is 37.7 Å². The van der Waals surface area contributed by atoms with Crippen LogP contribution in [0, 0.1) is 0 Å². The number of aromatic nitrogens is 3. The molecular formula is C22H24N4O3. The van der Waals surface area contributed by atoms with Gasteiger partial charge in [0.2, 0.25) is 0 Å². The Balaban J connectivity index is 1.74. The summed E-state index contributed by atoms with van der Waals surface area (Å²) in [5, 5.41) is 0.541. The first-order chi connectivity index (χ1) is 13.7. The van der Waals surface area contributed by atoms with Gasteiger partial charge in [-0.05, 0) is 51.5 Å². The van der Waals surface area contributed by atoms with Crippen LogP contribution in [0.3, 0.4) is 0 Å². The van der Waals surface area contributed by atoms with Gasteiger partial charge in [-0.3, -0.25) is 19.2 Å². The first-order valence-electron chi connectivity index (χ1n) is 9.66. The number of ether oxygens (including phenoxy) is 1. The van der Waals surface area contributed by atoms with E-state index in [9.17, 15) is 9.59 Å². The molecule has 0 radical (unpaired) electrons. The Bertz CT molecular complexity index is 1130. The molecule has 1 aromatic carbocycles. The lowest BCUT2D eigenvalue weighted by Crippen LogP contribution is -2.49. The summed E-state index contributed by atoms with van der Waals surface area (Å²) in [6.07, 6.45) is 2.09. The number of nitrogens with zero attached hydrogens (tertiary/aromatic N) is 4. The number of likely N-dealkylation sites (tertiary alicyclic amines) is 1. The van der Waals surface area contributed by atoms with E-state index in [1.807, 2.05) is 51.1 Å². The molecule has 0 N–H and O–H groups in total. The molecule has 0 aliphatic carbocycles. The van der Waals surface area contributed by atoms with Gasteiger partial charge < -0.3 is 4.74 Å². The Morgan fingerprint density at radius 1 is 1.21 bits per heavy atom. The van der Waals surface area contributed by atoms with E-state index in [-0.39, 0.29) is 17.7 Å². The van der Waals surface area contributed by atoms with Gasteiger partial charge in [-0.15, -0.1) is 0 Å². The highest BCUT2D eigenvalue weighted by Crippen LogP contribution is 2.33. The molecule has 1 unspecified atom stereocenters. The summed E-state index contributed by atoms with van der Waals surface area (Å²) in [4.78, 5) is 36.2. The fourth-order valence-electron chi connectivity index (χ4n) is 3.47. The molecule has 29 heavy (non-hydrogen) atoms. The number of hydrogen-bond donors (Lipinski definition) is 0. The summed E-state index contributed by atoms with van der Waals surface area (Å²) in [5.41, 5.74) is 1.60. The van der Waals surface area contributed by atoms with Crippen molar-refractivity contribution < 1.29 is 9.53 Å². The zero-order valence-corrected chi connectivity index (χ0v) is 17.0. The third-order valence-electron chi connectivity index (χ3n) is 5.02. The molecule has 1 saturated heterocycles. The number of fused-ring (bicyclic) bond motifs is 1. The number of pyridine rings is 1. The summed E-state index contributed by atoms with van der Waals surface area (Å²) in [5.74, 6) is 0.567. The second-order valence-corrected chi connectivity index (χ2v) is 8.26. The summed E-state index contributed by atoms with van der Waals surface area (Å²) in [7, 11) is 1.70. The lowest BCUT2D eigenvalue weighted by molar-refractivity contribution is -0.00803. The standard InChI is InChI=1S/C22H24N4O3/c1-22(2,3)29-21(28)26-12-10-18(26)19-24-17-13-14(16-7-5-6-11-23-16)8-9-15(17)20(27)25(19)4/h5-9,11,13,18H,10,12H2,1-4H3. The van der Waals surface area contributed by atoms with E-state index >= 15 is 0 Å². The van der Waals surface area contributed by atoms with Gasteiger partial charge in [0.25, 0.3) is 5.56 Å². The highest BCUT2D eigenvalue weighted by atomic mass is 16.6. The molecule has 7 nitrogen and oxygen atoms in total. The van der Waals surface area contributed by atoms with Gasteiger partial charge in [0.15, 0.2) is 0 Å². The topological polar surface area (TPSA) is 77.3 Å². The predicted octanol–water partition coefficient (Wildman–Crippen LogP) is 3.68. The van der Waals surface area contributed by atoms with Crippen LogP contribution in [-0.2, 0) is 11.8 Å². The summed E-state index contributed by atoms with van der Waals surface area (Å²) >= 11 is 0. The first kappa shape index (κ1) is 19.1. The van der Waals surface area contributed by atoms with Crippen molar-refractivity contribution >= 4 is 17.0 Å². The van der Waals surface area contributed by atoms with Crippen molar-refractivity contribution in [3.8, 4) is 11.3 Å². The lowest BCUT2D eigenvalue weighted by Gasteiger charge is -2.41. The van der Waals surface area contributed by atoms with Crippen molar-refractivity contribution in [2.24, 2.45) is 7.05 Å². The van der Waals surface area contributed by atoms with Gasteiger partial charge in [-0.1, -0.05) is 12.1 Å². The molecule has 1 amide bonds. The van der Waals surface area contributed by atoms with Crippen LogP contribution in [0.1, 0.15) is 39.1 Å². The molecule has 0 spiro atoms. The van der Waals surface area contributed by atoms with Gasteiger partial charge >= 0.3 is 6.09 Å². The molecule has 1 fully saturated rings. The lowest BCUT2D eigenvalue weighted by atomic mass is 10.0. The maximum atomic E-state index is 12.9. The van der Waals surface area contributed by atoms with Crippen molar-refractivity contribution in [2.45, 2.75) is 38.8 Å². The quantitative estimate of drug-likeness (QED) is 0.665. The smallest absolute Gasteiger partial charge is 0.410 e. The van der Waals surface area contributed by atoms with Crippen LogP contribution >= 0.6 is 0 Å². The molecule has 1 aliphatic heterocycles. The van der Waals surface area contributed by atoms with Gasteiger partial charge in [-0.25, -0.2) is 9.78 Å². The van der Waals surface area contributed by atoms with Crippen LogP contribution in [0.25, 0.3) is 22.2 Å². The number of carbonyl (C=O) groups is 1. The molecule has 2 aromatic heterocycles. The van der Waals surface area contributed by atoms with Gasteiger partial charge in [0.05, 0.1) is 22.6 Å². The highest BCUT2D eigenvalue weighted by Gasteiger charge is 2.38.